The maximum atomic E-state index is 14.5. The standard InChI is InChI=1S/C24H12ClF5N2/c25-13-7-5-12(6-8-13)23-24-15(9-10-31-23)14-3-1-2-4-17(14)32(24)11-16-18(26)20(28)22(30)21(29)19(16)27/h1-10H,11H2. The van der Waals surface area contributed by atoms with Gasteiger partial charge < -0.3 is 4.57 Å². The number of pyridine rings is 1. The number of hydrogen-bond donors (Lipinski definition) is 0. The van der Waals surface area contributed by atoms with Crippen LogP contribution in [0.5, 0.6) is 0 Å². The van der Waals surface area contributed by atoms with Crippen LogP contribution in [0, 0.1) is 29.1 Å². The number of nitrogens with zero attached hydrogens (tertiary/aromatic N) is 2. The van der Waals surface area contributed by atoms with Crippen LogP contribution in [0.4, 0.5) is 22.0 Å². The van der Waals surface area contributed by atoms with Crippen LogP contribution in [-0.4, -0.2) is 9.55 Å². The second-order valence-electron chi connectivity index (χ2n) is 7.21. The van der Waals surface area contributed by atoms with Crippen molar-refractivity contribution < 1.29 is 22.0 Å². The molecule has 2 aromatic heterocycles. The molecule has 160 valence electrons. The van der Waals surface area contributed by atoms with E-state index in [1.807, 2.05) is 6.07 Å². The zero-order valence-corrected chi connectivity index (χ0v) is 16.9. The third kappa shape index (κ3) is 3.04. The fourth-order valence-electron chi connectivity index (χ4n) is 3.93. The van der Waals surface area contributed by atoms with Crippen molar-refractivity contribution in [1.82, 2.24) is 9.55 Å². The smallest absolute Gasteiger partial charge is 0.200 e. The van der Waals surface area contributed by atoms with Crippen LogP contribution in [0.25, 0.3) is 33.1 Å². The van der Waals surface area contributed by atoms with Gasteiger partial charge in [0.25, 0.3) is 0 Å². The van der Waals surface area contributed by atoms with E-state index in [0.717, 1.165) is 10.8 Å². The predicted molar refractivity (Wildman–Crippen MR) is 113 cm³/mol. The van der Waals surface area contributed by atoms with Gasteiger partial charge in [-0.25, -0.2) is 22.0 Å². The van der Waals surface area contributed by atoms with E-state index in [2.05, 4.69) is 4.98 Å². The predicted octanol–water partition coefficient (Wildman–Crippen LogP) is 7.25. The first-order chi connectivity index (χ1) is 15.4. The Balaban J connectivity index is 1.84. The highest BCUT2D eigenvalue weighted by Crippen LogP contribution is 2.36. The van der Waals surface area contributed by atoms with E-state index in [-0.39, 0.29) is 0 Å². The van der Waals surface area contributed by atoms with E-state index in [9.17, 15) is 22.0 Å². The first kappa shape index (κ1) is 20.5. The summed E-state index contributed by atoms with van der Waals surface area (Å²) in [6.45, 7) is -0.581. The Hall–Kier alpha value is -3.45. The lowest BCUT2D eigenvalue weighted by molar-refractivity contribution is 0.369. The monoisotopic (exact) mass is 458 g/mol. The van der Waals surface area contributed by atoms with E-state index in [1.165, 1.54) is 4.57 Å². The Labute approximate surface area is 183 Å². The van der Waals surface area contributed by atoms with Crippen LogP contribution in [0.15, 0.2) is 60.8 Å². The highest BCUT2D eigenvalue weighted by molar-refractivity contribution is 6.30. The van der Waals surface area contributed by atoms with Gasteiger partial charge in [-0.05, 0) is 24.3 Å². The fraction of sp³-hybridized carbons (Fsp3) is 0.0417. The molecule has 0 amide bonds. The molecule has 0 atom stereocenters. The topological polar surface area (TPSA) is 17.8 Å². The maximum absolute atomic E-state index is 14.5. The molecule has 5 aromatic rings. The van der Waals surface area contributed by atoms with Gasteiger partial charge in [-0.1, -0.05) is 41.9 Å². The minimum absolute atomic E-state index is 0.485. The van der Waals surface area contributed by atoms with Gasteiger partial charge in [-0.2, -0.15) is 0 Å². The van der Waals surface area contributed by atoms with E-state index in [1.54, 1.807) is 54.7 Å². The molecule has 0 aliphatic heterocycles. The summed E-state index contributed by atoms with van der Waals surface area (Å²) in [5.41, 5.74) is 1.31. The molecule has 0 bridgehead atoms. The Morgan fingerprint density at radius 2 is 1.34 bits per heavy atom. The van der Waals surface area contributed by atoms with Gasteiger partial charge in [-0.15, -0.1) is 0 Å². The molecule has 0 aliphatic rings. The van der Waals surface area contributed by atoms with Crippen molar-refractivity contribution in [1.29, 1.82) is 0 Å². The number of hydrogen-bond acceptors (Lipinski definition) is 1. The summed E-state index contributed by atoms with van der Waals surface area (Å²) in [6, 6.07) is 15.6. The Morgan fingerprint density at radius 1 is 0.719 bits per heavy atom. The highest BCUT2D eigenvalue weighted by atomic mass is 35.5. The first-order valence-corrected chi connectivity index (χ1v) is 9.88. The normalized spacial score (nSPS) is 11.6. The molecule has 0 unspecified atom stereocenters. The third-order valence-electron chi connectivity index (χ3n) is 5.41. The summed E-state index contributed by atoms with van der Waals surface area (Å²) in [6.07, 6.45) is 1.60. The molecule has 0 aliphatic carbocycles. The average molecular weight is 459 g/mol. The maximum Gasteiger partial charge on any atom is 0.200 e. The molecule has 0 N–H and O–H groups in total. The third-order valence-corrected chi connectivity index (χ3v) is 5.67. The van der Waals surface area contributed by atoms with Gasteiger partial charge in [0, 0.05) is 38.6 Å². The molecular weight excluding hydrogens is 447 g/mol. The summed E-state index contributed by atoms with van der Waals surface area (Å²) < 4.78 is 71.7. The molecular formula is C24H12ClF5N2. The van der Waals surface area contributed by atoms with Gasteiger partial charge in [0.2, 0.25) is 5.82 Å². The van der Waals surface area contributed by atoms with Crippen molar-refractivity contribution in [3.05, 3.63) is 100 Å². The molecule has 0 spiro atoms. The molecule has 0 saturated carbocycles. The number of para-hydroxylation sites is 1. The Bertz CT molecular complexity index is 1480. The van der Waals surface area contributed by atoms with Gasteiger partial charge >= 0.3 is 0 Å². The van der Waals surface area contributed by atoms with Crippen LogP contribution in [0.2, 0.25) is 5.02 Å². The van der Waals surface area contributed by atoms with Crippen molar-refractivity contribution in [2.45, 2.75) is 6.54 Å². The second-order valence-corrected chi connectivity index (χ2v) is 7.65. The van der Waals surface area contributed by atoms with Gasteiger partial charge in [0.15, 0.2) is 23.3 Å². The summed E-state index contributed by atoms with van der Waals surface area (Å²) in [7, 11) is 0. The fourth-order valence-corrected chi connectivity index (χ4v) is 4.06. The van der Waals surface area contributed by atoms with Crippen LogP contribution in [0.1, 0.15) is 5.56 Å². The van der Waals surface area contributed by atoms with E-state index < -0.39 is 41.2 Å². The van der Waals surface area contributed by atoms with Crippen LogP contribution in [0.3, 0.4) is 0 Å². The highest BCUT2D eigenvalue weighted by Gasteiger charge is 2.27. The van der Waals surface area contributed by atoms with Crippen LogP contribution in [-0.2, 0) is 6.54 Å². The summed E-state index contributed by atoms with van der Waals surface area (Å²) in [5, 5.41) is 2.00. The largest absolute Gasteiger partial charge is 0.334 e. The summed E-state index contributed by atoms with van der Waals surface area (Å²) >= 11 is 5.99. The molecule has 0 radical (unpaired) electrons. The number of fused-ring (bicyclic) bond motifs is 3. The number of rotatable bonds is 3. The summed E-state index contributed by atoms with van der Waals surface area (Å²) in [4.78, 5) is 4.44. The number of halogens is 6. The van der Waals surface area contributed by atoms with Crippen molar-refractivity contribution in [3.8, 4) is 11.3 Å². The first-order valence-electron chi connectivity index (χ1n) is 9.50. The SMILES string of the molecule is Fc1c(F)c(F)c(Cn2c3ccccc3c3ccnc(-c4ccc(Cl)cc4)c32)c(F)c1F. The molecule has 2 nitrogen and oxygen atoms in total. The zero-order chi connectivity index (χ0) is 22.6. The van der Waals surface area contributed by atoms with Crippen molar-refractivity contribution >= 4 is 33.4 Å². The van der Waals surface area contributed by atoms with Gasteiger partial charge in [0.05, 0.1) is 17.8 Å². The number of benzene rings is 3. The van der Waals surface area contributed by atoms with Gasteiger partial charge in [0.1, 0.15) is 0 Å². The van der Waals surface area contributed by atoms with Gasteiger partial charge in [-0.3, -0.25) is 4.98 Å². The van der Waals surface area contributed by atoms with E-state index in [4.69, 9.17) is 11.6 Å². The molecule has 32 heavy (non-hydrogen) atoms. The second kappa shape index (κ2) is 7.60. The van der Waals surface area contributed by atoms with E-state index in [0.29, 0.717) is 27.3 Å². The van der Waals surface area contributed by atoms with Crippen molar-refractivity contribution in [2.24, 2.45) is 0 Å². The Kier molecular flexibility index (Phi) is 4.86. The number of aromatic nitrogens is 2. The van der Waals surface area contributed by atoms with Crippen LogP contribution < -0.4 is 0 Å². The minimum atomic E-state index is -2.19. The molecule has 3 aromatic carbocycles. The minimum Gasteiger partial charge on any atom is -0.334 e. The van der Waals surface area contributed by atoms with Crippen LogP contribution >= 0.6 is 11.6 Å². The quantitative estimate of drug-likeness (QED) is 0.158. The lowest BCUT2D eigenvalue weighted by Crippen LogP contribution is -2.11. The summed E-state index contributed by atoms with van der Waals surface area (Å²) in [5.74, 6) is -9.85. The lowest BCUT2D eigenvalue weighted by Gasteiger charge is -2.13. The lowest BCUT2D eigenvalue weighted by atomic mass is 10.1. The molecule has 5 rings (SSSR count). The molecule has 0 saturated heterocycles. The van der Waals surface area contributed by atoms with Crippen molar-refractivity contribution in [2.75, 3.05) is 0 Å². The Morgan fingerprint density at radius 3 is 2.03 bits per heavy atom. The molecule has 0 fully saturated rings. The average Bonchev–Trinajstić information content (AvgIpc) is 3.13. The van der Waals surface area contributed by atoms with E-state index >= 15 is 0 Å². The molecule has 8 heteroatoms. The molecule has 2 heterocycles. The zero-order valence-electron chi connectivity index (χ0n) is 16.1. The van der Waals surface area contributed by atoms with Crippen molar-refractivity contribution in [3.63, 3.8) is 0 Å².